The fourth-order valence-electron chi connectivity index (χ4n) is 4.25. The molecule has 1 fully saturated rings. The summed E-state index contributed by atoms with van der Waals surface area (Å²) in [4.78, 5) is 42.3. The Morgan fingerprint density at radius 2 is 1.70 bits per heavy atom. The van der Waals surface area contributed by atoms with Gasteiger partial charge in [-0.25, -0.2) is 4.79 Å². The summed E-state index contributed by atoms with van der Waals surface area (Å²) in [6, 6.07) is 12.8. The molecule has 0 aromatic heterocycles. The van der Waals surface area contributed by atoms with Crippen LogP contribution >= 0.6 is 11.6 Å². The lowest BCUT2D eigenvalue weighted by molar-refractivity contribution is -0.141. The van der Waals surface area contributed by atoms with Gasteiger partial charge in [-0.3, -0.25) is 9.59 Å². The molecule has 7 nitrogen and oxygen atoms in total. The molecule has 1 saturated carbocycles. The molecule has 0 heterocycles. The first-order valence-electron chi connectivity index (χ1n) is 12.8. The van der Waals surface area contributed by atoms with Gasteiger partial charge in [0.25, 0.3) is 5.91 Å². The van der Waals surface area contributed by atoms with Crippen molar-refractivity contribution < 1.29 is 19.1 Å². The second kappa shape index (κ2) is 12.0. The van der Waals surface area contributed by atoms with Crippen molar-refractivity contribution in [3.63, 3.8) is 0 Å². The highest BCUT2D eigenvalue weighted by Crippen LogP contribution is 2.37. The van der Waals surface area contributed by atoms with Crippen molar-refractivity contribution in [2.75, 3.05) is 5.32 Å². The molecule has 2 N–H and O–H groups in total. The second-order valence-corrected chi connectivity index (χ2v) is 11.4. The number of hydrogen-bond acceptors (Lipinski definition) is 4. The van der Waals surface area contributed by atoms with E-state index in [1.807, 2.05) is 63.2 Å². The fourth-order valence-corrected chi connectivity index (χ4v) is 4.52. The number of nitrogens with zero attached hydrogens (tertiary/aromatic N) is 1. The highest BCUT2D eigenvalue weighted by Gasteiger charge is 2.44. The van der Waals surface area contributed by atoms with Crippen molar-refractivity contribution in [1.29, 1.82) is 0 Å². The molecule has 3 rings (SSSR count). The predicted octanol–water partition coefficient (Wildman–Crippen LogP) is 6.26. The number of amides is 3. The number of hydrogen-bond donors (Lipinski definition) is 2. The van der Waals surface area contributed by atoms with Crippen molar-refractivity contribution in [3.05, 3.63) is 64.7 Å². The van der Waals surface area contributed by atoms with Crippen LogP contribution in [0.5, 0.6) is 0 Å². The Morgan fingerprint density at radius 3 is 2.24 bits per heavy atom. The molecule has 2 atom stereocenters. The number of ether oxygens (including phenoxy) is 1. The van der Waals surface area contributed by atoms with Crippen LogP contribution in [0, 0.1) is 12.8 Å². The van der Waals surface area contributed by atoms with E-state index in [9.17, 15) is 14.4 Å². The average Bonchev–Trinajstić information content (AvgIpc) is 3.63. The van der Waals surface area contributed by atoms with E-state index in [0.717, 1.165) is 18.4 Å². The normalized spacial score (nSPS) is 15.0. The Balaban J connectivity index is 1.98. The van der Waals surface area contributed by atoms with Crippen LogP contribution in [0.3, 0.4) is 0 Å². The third-order valence-corrected chi connectivity index (χ3v) is 6.32. The van der Waals surface area contributed by atoms with Crippen LogP contribution in [0.1, 0.15) is 71.0 Å². The minimum atomic E-state index is -0.896. The molecule has 2 aromatic rings. The highest BCUT2D eigenvalue weighted by molar-refractivity contribution is 6.34. The van der Waals surface area contributed by atoms with Gasteiger partial charge in [-0.05, 0) is 70.1 Å². The number of anilines is 1. The van der Waals surface area contributed by atoms with Crippen LogP contribution in [0.15, 0.2) is 48.5 Å². The third-order valence-electron chi connectivity index (χ3n) is 6.00. The molecule has 8 heteroatoms. The summed E-state index contributed by atoms with van der Waals surface area (Å²) in [5, 5.41) is 6.17. The number of carbonyl (C=O) groups excluding carboxylic acids is 3. The zero-order valence-corrected chi connectivity index (χ0v) is 23.3. The molecule has 0 saturated heterocycles. The summed E-state index contributed by atoms with van der Waals surface area (Å²) in [6.07, 6.45) is 1.33. The van der Waals surface area contributed by atoms with Crippen LogP contribution < -0.4 is 10.6 Å². The van der Waals surface area contributed by atoms with Gasteiger partial charge in [-0.15, -0.1) is 0 Å². The van der Waals surface area contributed by atoms with Crippen LogP contribution in [0.25, 0.3) is 0 Å². The Labute approximate surface area is 224 Å². The summed E-state index contributed by atoms with van der Waals surface area (Å²) in [7, 11) is 0. The summed E-state index contributed by atoms with van der Waals surface area (Å²) in [5.74, 6) is -0.537. The monoisotopic (exact) mass is 527 g/mol. The van der Waals surface area contributed by atoms with E-state index < -0.39 is 23.8 Å². The maximum Gasteiger partial charge on any atom is 0.408 e. The van der Waals surface area contributed by atoms with Crippen molar-refractivity contribution >= 4 is 35.2 Å². The molecule has 0 spiro atoms. The van der Waals surface area contributed by atoms with E-state index in [4.69, 9.17) is 16.3 Å². The number of aryl methyl sites for hydroxylation is 1. The van der Waals surface area contributed by atoms with Gasteiger partial charge in [0.15, 0.2) is 0 Å². The molecule has 0 bridgehead atoms. The number of halogens is 1. The summed E-state index contributed by atoms with van der Waals surface area (Å²) >= 11 is 6.40. The molecule has 0 aliphatic heterocycles. The van der Waals surface area contributed by atoms with Crippen molar-refractivity contribution in [2.45, 2.75) is 84.5 Å². The number of nitrogens with one attached hydrogen (secondary N) is 2. The lowest BCUT2D eigenvalue weighted by Crippen LogP contribution is -2.53. The summed E-state index contributed by atoms with van der Waals surface area (Å²) in [6.45, 7) is 11.2. The Bertz CT molecular complexity index is 1090. The Kier molecular flexibility index (Phi) is 9.24. The Morgan fingerprint density at radius 1 is 1.05 bits per heavy atom. The fraction of sp³-hybridized carbons (Fsp3) is 0.483. The predicted molar refractivity (Wildman–Crippen MR) is 146 cm³/mol. The first-order valence-corrected chi connectivity index (χ1v) is 13.2. The van der Waals surface area contributed by atoms with Gasteiger partial charge >= 0.3 is 6.09 Å². The average molecular weight is 528 g/mol. The first-order chi connectivity index (χ1) is 17.4. The maximum absolute atomic E-state index is 14.1. The number of rotatable bonds is 9. The van der Waals surface area contributed by atoms with E-state index >= 15 is 0 Å². The molecule has 3 amide bonds. The van der Waals surface area contributed by atoms with E-state index in [-0.39, 0.29) is 23.8 Å². The SMILES string of the molecule is Cc1cccc(Cl)c1NC(=O)C(c1ccccc1)N(C(=O)C(CC(C)C)NC(=O)OC(C)(C)C)C1CC1. The molecule has 200 valence electrons. The topological polar surface area (TPSA) is 87.7 Å². The number of para-hydroxylation sites is 1. The highest BCUT2D eigenvalue weighted by atomic mass is 35.5. The molecule has 2 aromatic carbocycles. The van der Waals surface area contributed by atoms with Crippen molar-refractivity contribution in [1.82, 2.24) is 10.2 Å². The standard InChI is InChI=1S/C29H38ClN3O4/c1-18(2)17-23(31-28(36)37-29(4,5)6)27(35)33(21-15-16-21)25(20-12-8-7-9-13-20)26(34)32-24-19(3)11-10-14-22(24)30/h7-14,18,21,23,25H,15-17H2,1-6H3,(H,31,36)(H,32,34). The molecule has 1 aliphatic rings. The molecule has 1 aliphatic carbocycles. The van der Waals surface area contributed by atoms with Crippen LogP contribution in [-0.4, -0.2) is 40.5 Å². The molecule has 0 radical (unpaired) electrons. The van der Waals surface area contributed by atoms with Crippen molar-refractivity contribution in [3.8, 4) is 0 Å². The summed E-state index contributed by atoms with van der Waals surface area (Å²) < 4.78 is 5.44. The third kappa shape index (κ3) is 7.96. The number of alkyl carbamates (subject to hydrolysis) is 1. The van der Waals surface area contributed by atoms with Gasteiger partial charge in [0.1, 0.15) is 17.7 Å². The summed E-state index contributed by atoms with van der Waals surface area (Å²) in [5.41, 5.74) is 1.32. The van der Waals surface area contributed by atoms with Crippen LogP contribution in [0.2, 0.25) is 5.02 Å². The van der Waals surface area contributed by atoms with Crippen LogP contribution in [0.4, 0.5) is 10.5 Å². The minimum Gasteiger partial charge on any atom is -0.444 e. The van der Waals surface area contributed by atoms with Gasteiger partial charge < -0.3 is 20.3 Å². The van der Waals surface area contributed by atoms with Crippen LogP contribution in [-0.2, 0) is 14.3 Å². The van der Waals surface area contributed by atoms with E-state index in [1.54, 1.807) is 31.7 Å². The molecular weight excluding hydrogens is 490 g/mol. The van der Waals surface area contributed by atoms with Crippen molar-refractivity contribution in [2.24, 2.45) is 5.92 Å². The van der Waals surface area contributed by atoms with Gasteiger partial charge in [-0.1, -0.05) is 67.9 Å². The number of benzene rings is 2. The van der Waals surface area contributed by atoms with E-state index in [0.29, 0.717) is 22.7 Å². The Hall–Kier alpha value is -3.06. The lowest BCUT2D eigenvalue weighted by atomic mass is 9.99. The second-order valence-electron chi connectivity index (χ2n) is 11.0. The largest absolute Gasteiger partial charge is 0.444 e. The van der Waals surface area contributed by atoms with Gasteiger partial charge in [0, 0.05) is 6.04 Å². The van der Waals surface area contributed by atoms with Gasteiger partial charge in [0.2, 0.25) is 5.91 Å². The first kappa shape index (κ1) is 28.5. The quantitative estimate of drug-likeness (QED) is 0.403. The zero-order chi connectivity index (χ0) is 27.3. The van der Waals surface area contributed by atoms with Gasteiger partial charge in [-0.2, -0.15) is 0 Å². The maximum atomic E-state index is 14.1. The van der Waals surface area contributed by atoms with E-state index in [2.05, 4.69) is 10.6 Å². The zero-order valence-electron chi connectivity index (χ0n) is 22.5. The van der Waals surface area contributed by atoms with Gasteiger partial charge in [0.05, 0.1) is 10.7 Å². The minimum absolute atomic E-state index is 0.106. The smallest absolute Gasteiger partial charge is 0.408 e. The molecule has 2 unspecified atom stereocenters. The molecule has 37 heavy (non-hydrogen) atoms. The molecular formula is C29H38ClN3O4. The lowest BCUT2D eigenvalue weighted by Gasteiger charge is -2.35. The number of carbonyl (C=O) groups is 3. The van der Waals surface area contributed by atoms with E-state index in [1.165, 1.54) is 0 Å².